The predicted molar refractivity (Wildman–Crippen MR) is 119 cm³/mol. The summed E-state index contributed by atoms with van der Waals surface area (Å²) >= 11 is 0. The van der Waals surface area contributed by atoms with Crippen LogP contribution in [-0.4, -0.2) is 40.4 Å². The maximum Gasteiger partial charge on any atom is 0.253 e. The quantitative estimate of drug-likeness (QED) is 0.626. The number of piperidine rings is 1. The molecule has 158 valence electrons. The average Bonchev–Trinajstić information content (AvgIpc) is 3.34. The Balaban J connectivity index is 1.26. The van der Waals surface area contributed by atoms with E-state index in [1.807, 2.05) is 76.5 Å². The Hall–Kier alpha value is -3.34. The van der Waals surface area contributed by atoms with Crippen LogP contribution in [0.4, 0.5) is 0 Å². The van der Waals surface area contributed by atoms with Crippen LogP contribution in [0.5, 0.6) is 5.75 Å². The molecule has 31 heavy (non-hydrogen) atoms. The van der Waals surface area contributed by atoms with Crippen LogP contribution in [-0.2, 0) is 0 Å². The lowest BCUT2D eigenvalue weighted by molar-refractivity contribution is 0.0452. The van der Waals surface area contributed by atoms with Gasteiger partial charge < -0.3 is 14.2 Å². The Morgan fingerprint density at radius 1 is 1.00 bits per heavy atom. The number of hydrogen-bond donors (Lipinski definition) is 0. The van der Waals surface area contributed by atoms with Crippen molar-refractivity contribution in [2.45, 2.75) is 32.3 Å². The summed E-state index contributed by atoms with van der Waals surface area (Å²) < 4.78 is 8.20. The van der Waals surface area contributed by atoms with Crippen molar-refractivity contribution in [3.63, 3.8) is 0 Å². The Bertz CT molecular complexity index is 1110. The molecule has 5 rings (SSSR count). The molecule has 0 spiro atoms. The Morgan fingerprint density at radius 3 is 2.52 bits per heavy atom. The minimum absolute atomic E-state index is 0.0674. The van der Waals surface area contributed by atoms with Crippen LogP contribution < -0.4 is 4.74 Å². The minimum atomic E-state index is -0.0978. The van der Waals surface area contributed by atoms with Crippen molar-refractivity contribution >= 4 is 11.7 Å². The number of para-hydroxylation sites is 1. The zero-order valence-electron chi connectivity index (χ0n) is 17.7. The van der Waals surface area contributed by atoms with E-state index in [0.29, 0.717) is 36.4 Å². The summed E-state index contributed by atoms with van der Waals surface area (Å²) in [5.74, 6) is 1.20. The van der Waals surface area contributed by atoms with Gasteiger partial charge in [-0.25, -0.2) is 0 Å². The zero-order chi connectivity index (χ0) is 21.4. The first-order valence-electron chi connectivity index (χ1n) is 10.9. The highest BCUT2D eigenvalue weighted by Gasteiger charge is 2.35. The number of likely N-dealkylation sites (tertiary alicyclic amines) is 1. The number of nitrogens with zero attached hydrogens (tertiary/aromatic N) is 2. The molecule has 0 N–H and O–H groups in total. The maximum absolute atomic E-state index is 13.2. The van der Waals surface area contributed by atoms with Crippen molar-refractivity contribution in [2.75, 3.05) is 13.1 Å². The number of ketones is 1. The molecule has 3 aromatic rings. The monoisotopic (exact) mass is 414 g/mol. The molecule has 0 aliphatic carbocycles. The van der Waals surface area contributed by atoms with E-state index in [1.54, 1.807) is 0 Å². The normalized spacial score (nSPS) is 19.1. The third kappa shape index (κ3) is 3.76. The molecule has 0 bridgehead atoms. The van der Waals surface area contributed by atoms with Crippen LogP contribution in [0.2, 0.25) is 0 Å². The summed E-state index contributed by atoms with van der Waals surface area (Å²) in [4.78, 5) is 27.6. The van der Waals surface area contributed by atoms with E-state index < -0.39 is 0 Å². The highest BCUT2D eigenvalue weighted by Crippen LogP contribution is 2.34. The van der Waals surface area contributed by atoms with Crippen LogP contribution in [0.15, 0.2) is 67.0 Å². The lowest BCUT2D eigenvalue weighted by Gasteiger charge is -2.37. The van der Waals surface area contributed by atoms with Crippen LogP contribution in [0.3, 0.4) is 0 Å². The van der Waals surface area contributed by atoms with E-state index in [9.17, 15) is 9.59 Å². The Morgan fingerprint density at radius 2 is 1.74 bits per heavy atom. The fourth-order valence-electron chi connectivity index (χ4n) is 4.73. The van der Waals surface area contributed by atoms with Crippen molar-refractivity contribution in [3.05, 3.63) is 83.7 Å². The summed E-state index contributed by atoms with van der Waals surface area (Å²) in [6.07, 6.45) is 6.01. The molecule has 1 atom stereocenters. The van der Waals surface area contributed by atoms with Gasteiger partial charge in [0.15, 0.2) is 5.78 Å². The van der Waals surface area contributed by atoms with Gasteiger partial charge in [0.25, 0.3) is 5.91 Å². The highest BCUT2D eigenvalue weighted by atomic mass is 16.5. The van der Waals surface area contributed by atoms with Gasteiger partial charge >= 0.3 is 0 Å². The van der Waals surface area contributed by atoms with E-state index in [1.165, 1.54) is 0 Å². The van der Waals surface area contributed by atoms with Gasteiger partial charge in [0.1, 0.15) is 11.9 Å². The number of carbonyl (C=O) groups is 2. The number of aromatic nitrogens is 1. The largest absolute Gasteiger partial charge is 0.489 e. The van der Waals surface area contributed by atoms with Crippen LogP contribution in [0.1, 0.15) is 45.5 Å². The van der Waals surface area contributed by atoms with Gasteiger partial charge in [-0.15, -0.1) is 0 Å². The SMILES string of the molecule is Cc1ccc(C(=O)N2CCC([C@H]3CC(=O)c4ccccc4O3)CC2)cc1-n1cccc1. The zero-order valence-corrected chi connectivity index (χ0v) is 17.7. The molecule has 5 heteroatoms. The molecule has 2 aliphatic heterocycles. The second kappa shape index (κ2) is 8.06. The van der Waals surface area contributed by atoms with Gasteiger partial charge in [-0.2, -0.15) is 0 Å². The van der Waals surface area contributed by atoms with Crippen molar-refractivity contribution in [3.8, 4) is 11.4 Å². The van der Waals surface area contributed by atoms with Crippen LogP contribution in [0, 0.1) is 12.8 Å². The molecule has 1 fully saturated rings. The standard InChI is InChI=1S/C26H26N2O3/c1-18-8-9-20(16-22(18)27-12-4-5-13-27)26(30)28-14-10-19(11-15-28)25-17-23(29)21-6-2-3-7-24(21)31-25/h2-9,12-13,16,19,25H,10-11,14-15,17H2,1H3/t25-/m1/s1. The average molecular weight is 415 g/mol. The number of aryl methyl sites for hydroxylation is 1. The van der Waals surface area contributed by atoms with Crippen molar-refractivity contribution in [1.29, 1.82) is 0 Å². The lowest BCUT2D eigenvalue weighted by Crippen LogP contribution is -2.44. The number of Topliss-reactive ketones (excluding diaryl/α,β-unsaturated/α-hetero) is 1. The smallest absolute Gasteiger partial charge is 0.253 e. The van der Waals surface area contributed by atoms with E-state index in [2.05, 4.69) is 6.92 Å². The summed E-state index contributed by atoms with van der Waals surface area (Å²) in [7, 11) is 0. The molecule has 0 saturated carbocycles. The second-order valence-corrected chi connectivity index (χ2v) is 8.50. The number of hydrogen-bond acceptors (Lipinski definition) is 3. The third-order valence-corrected chi connectivity index (χ3v) is 6.54. The number of rotatable bonds is 3. The molecule has 1 aromatic heterocycles. The van der Waals surface area contributed by atoms with Gasteiger partial charge in [0.05, 0.1) is 5.56 Å². The second-order valence-electron chi connectivity index (χ2n) is 8.50. The molecule has 0 unspecified atom stereocenters. The third-order valence-electron chi connectivity index (χ3n) is 6.54. The highest BCUT2D eigenvalue weighted by molar-refractivity contribution is 6.00. The first-order chi connectivity index (χ1) is 15.1. The molecule has 3 heterocycles. The Labute approximate surface area is 182 Å². The van der Waals surface area contributed by atoms with Crippen LogP contribution >= 0.6 is 0 Å². The molecule has 1 amide bonds. The van der Waals surface area contributed by atoms with E-state index in [-0.39, 0.29) is 23.7 Å². The molecule has 2 aromatic carbocycles. The molecule has 5 nitrogen and oxygen atoms in total. The summed E-state index contributed by atoms with van der Waals surface area (Å²) in [6.45, 7) is 3.43. The van der Waals surface area contributed by atoms with Gasteiger partial charge in [-0.3, -0.25) is 9.59 Å². The number of ether oxygens (including phenoxy) is 1. The molecular formula is C26H26N2O3. The molecule has 0 radical (unpaired) electrons. The summed E-state index contributed by atoms with van der Waals surface area (Å²) in [5.41, 5.74) is 3.55. The molecular weight excluding hydrogens is 388 g/mol. The van der Waals surface area contributed by atoms with Gasteiger partial charge in [-0.05, 0) is 67.6 Å². The molecule has 2 aliphatic rings. The van der Waals surface area contributed by atoms with Crippen molar-refractivity contribution in [2.24, 2.45) is 5.92 Å². The maximum atomic E-state index is 13.2. The van der Waals surface area contributed by atoms with Crippen LogP contribution in [0.25, 0.3) is 5.69 Å². The van der Waals surface area contributed by atoms with E-state index >= 15 is 0 Å². The van der Waals surface area contributed by atoms with Crippen molar-refractivity contribution < 1.29 is 14.3 Å². The minimum Gasteiger partial charge on any atom is -0.489 e. The van der Waals surface area contributed by atoms with E-state index in [4.69, 9.17) is 4.74 Å². The number of amides is 1. The summed E-state index contributed by atoms with van der Waals surface area (Å²) in [5, 5.41) is 0. The predicted octanol–water partition coefficient (Wildman–Crippen LogP) is 4.67. The number of carbonyl (C=O) groups excluding carboxylic acids is 2. The first-order valence-corrected chi connectivity index (χ1v) is 10.9. The van der Waals surface area contributed by atoms with E-state index in [0.717, 1.165) is 24.1 Å². The van der Waals surface area contributed by atoms with Gasteiger partial charge in [-0.1, -0.05) is 18.2 Å². The van der Waals surface area contributed by atoms with Gasteiger partial charge in [0.2, 0.25) is 0 Å². The fourth-order valence-corrected chi connectivity index (χ4v) is 4.73. The number of benzene rings is 2. The topological polar surface area (TPSA) is 51.5 Å². The first kappa shape index (κ1) is 19.6. The van der Waals surface area contributed by atoms with Crippen molar-refractivity contribution in [1.82, 2.24) is 9.47 Å². The lowest BCUT2D eigenvalue weighted by atomic mass is 9.86. The summed E-state index contributed by atoms with van der Waals surface area (Å²) in [6, 6.07) is 17.3. The Kier molecular flexibility index (Phi) is 5.10. The number of fused-ring (bicyclic) bond motifs is 1. The fraction of sp³-hybridized carbons (Fsp3) is 0.308. The van der Waals surface area contributed by atoms with Gasteiger partial charge in [0, 0.05) is 43.2 Å². The molecule has 1 saturated heterocycles.